The Morgan fingerprint density at radius 3 is 2.78 bits per heavy atom. The lowest BCUT2D eigenvalue weighted by molar-refractivity contribution is -0.139. The molecular weight excluding hydrogens is 272 g/mol. The third-order valence-corrected chi connectivity index (χ3v) is 4.40. The van der Waals surface area contributed by atoms with Crippen molar-refractivity contribution >= 4 is 28.8 Å². The van der Waals surface area contributed by atoms with Gasteiger partial charge in [0, 0.05) is 25.1 Å². The molecule has 1 aromatic rings. The fourth-order valence-electron chi connectivity index (χ4n) is 2.07. The van der Waals surface area contributed by atoms with Crippen LogP contribution in [0, 0.1) is 0 Å². The summed E-state index contributed by atoms with van der Waals surface area (Å²) in [7, 11) is 1.78. The monoisotopic (exact) mass is 288 g/mol. The molecule has 2 heterocycles. The van der Waals surface area contributed by atoms with Crippen molar-refractivity contribution in [2.45, 2.75) is 24.9 Å². The number of ether oxygens (including phenoxy) is 1. The molecule has 1 amide bonds. The molecule has 0 aliphatic carbocycles. The predicted octanol–water partition coefficient (Wildman–Crippen LogP) is 1.87. The number of amides is 1. The molecule has 1 aliphatic heterocycles. The van der Waals surface area contributed by atoms with Gasteiger partial charge in [-0.25, -0.2) is 0 Å². The molecule has 2 N–H and O–H groups in total. The Labute approximate surface area is 116 Å². The number of rotatable bonds is 3. The fourth-order valence-corrected chi connectivity index (χ4v) is 3.21. The van der Waals surface area contributed by atoms with E-state index in [4.69, 9.17) is 22.1 Å². The zero-order valence-corrected chi connectivity index (χ0v) is 11.9. The number of hydrogen-bond acceptors (Lipinski definition) is 4. The first-order valence-corrected chi connectivity index (χ1v) is 7.07. The number of hydrogen-bond donors (Lipinski definition) is 1. The van der Waals surface area contributed by atoms with Gasteiger partial charge in [-0.15, -0.1) is 11.3 Å². The Bertz CT molecular complexity index is 429. The van der Waals surface area contributed by atoms with Gasteiger partial charge in [-0.05, 0) is 25.0 Å². The average molecular weight is 289 g/mol. The summed E-state index contributed by atoms with van der Waals surface area (Å²) in [6.07, 6.45) is 1.17. The van der Waals surface area contributed by atoms with E-state index < -0.39 is 5.54 Å². The molecule has 0 unspecified atom stereocenters. The molecule has 1 aromatic heterocycles. The van der Waals surface area contributed by atoms with E-state index in [9.17, 15) is 4.79 Å². The van der Waals surface area contributed by atoms with Gasteiger partial charge in [0.15, 0.2) is 0 Å². The highest BCUT2D eigenvalue weighted by molar-refractivity contribution is 7.16. The lowest BCUT2D eigenvalue weighted by atomic mass is 9.90. The lowest BCUT2D eigenvalue weighted by Gasteiger charge is -2.35. The van der Waals surface area contributed by atoms with Gasteiger partial charge in [0.25, 0.3) is 0 Å². The normalized spacial score (nSPS) is 18.6. The van der Waals surface area contributed by atoms with Gasteiger partial charge >= 0.3 is 0 Å². The highest BCUT2D eigenvalue weighted by Gasteiger charge is 2.37. The van der Waals surface area contributed by atoms with Gasteiger partial charge in [-0.1, -0.05) is 11.6 Å². The second-order valence-corrected chi connectivity index (χ2v) is 6.44. The lowest BCUT2D eigenvalue weighted by Crippen LogP contribution is -2.57. The van der Waals surface area contributed by atoms with E-state index in [0.717, 1.165) is 9.21 Å². The largest absolute Gasteiger partial charge is 0.381 e. The molecule has 0 saturated carbocycles. The quantitative estimate of drug-likeness (QED) is 0.924. The Hall–Kier alpha value is -0.620. The van der Waals surface area contributed by atoms with E-state index in [2.05, 4.69) is 0 Å². The summed E-state index contributed by atoms with van der Waals surface area (Å²) in [5.74, 6) is -0.0182. The first-order valence-electron chi connectivity index (χ1n) is 5.88. The summed E-state index contributed by atoms with van der Waals surface area (Å²) in [5, 5.41) is 0. The van der Waals surface area contributed by atoms with Crippen molar-refractivity contribution in [3.8, 4) is 0 Å². The third-order valence-electron chi connectivity index (χ3n) is 3.18. The number of carbonyl (C=O) groups excluding carboxylic acids is 1. The smallest absolute Gasteiger partial charge is 0.242 e. The Kier molecular flexibility index (Phi) is 4.27. The Morgan fingerprint density at radius 2 is 2.22 bits per heavy atom. The number of halogens is 1. The van der Waals surface area contributed by atoms with E-state index in [1.54, 1.807) is 11.9 Å². The number of likely N-dealkylation sites (N-methyl/N-ethyl adjacent to an activating group) is 1. The van der Waals surface area contributed by atoms with Gasteiger partial charge < -0.3 is 15.4 Å². The summed E-state index contributed by atoms with van der Waals surface area (Å²) in [5.41, 5.74) is 5.40. The van der Waals surface area contributed by atoms with Crippen LogP contribution in [0.3, 0.4) is 0 Å². The van der Waals surface area contributed by atoms with Crippen LogP contribution in [0.2, 0.25) is 4.34 Å². The zero-order chi connectivity index (χ0) is 13.2. The van der Waals surface area contributed by atoms with Gasteiger partial charge in [0.2, 0.25) is 5.91 Å². The van der Waals surface area contributed by atoms with E-state index >= 15 is 0 Å². The first-order chi connectivity index (χ1) is 8.51. The van der Waals surface area contributed by atoms with Crippen molar-refractivity contribution in [2.75, 3.05) is 20.3 Å². The molecule has 1 aliphatic rings. The van der Waals surface area contributed by atoms with E-state index in [1.807, 2.05) is 12.1 Å². The van der Waals surface area contributed by atoms with Crippen molar-refractivity contribution in [2.24, 2.45) is 5.73 Å². The highest BCUT2D eigenvalue weighted by Crippen LogP contribution is 2.25. The fraction of sp³-hybridized carbons (Fsp3) is 0.583. The maximum absolute atomic E-state index is 12.3. The van der Waals surface area contributed by atoms with Crippen LogP contribution in [-0.2, 0) is 16.1 Å². The van der Waals surface area contributed by atoms with Gasteiger partial charge in [0.05, 0.1) is 16.4 Å². The Balaban J connectivity index is 1.99. The number of carbonyl (C=O) groups is 1. The summed E-state index contributed by atoms with van der Waals surface area (Å²) in [6.45, 7) is 1.66. The topological polar surface area (TPSA) is 55.6 Å². The van der Waals surface area contributed by atoms with Gasteiger partial charge in [-0.3, -0.25) is 4.79 Å². The van der Waals surface area contributed by atoms with Crippen LogP contribution in [0.5, 0.6) is 0 Å². The number of thiophene rings is 1. The molecule has 4 nitrogen and oxygen atoms in total. The van der Waals surface area contributed by atoms with Crippen molar-refractivity contribution in [1.82, 2.24) is 4.90 Å². The maximum Gasteiger partial charge on any atom is 0.242 e. The number of nitrogens with two attached hydrogens (primary N) is 1. The van der Waals surface area contributed by atoms with Crippen LogP contribution >= 0.6 is 22.9 Å². The standard InChI is InChI=1S/C12H17ClN2O2S/c1-15(8-9-2-3-10(13)18-9)11(16)12(14)4-6-17-7-5-12/h2-3H,4-8,14H2,1H3. The third kappa shape index (κ3) is 3.03. The molecular formula is C12H17ClN2O2S. The van der Waals surface area contributed by atoms with Crippen LogP contribution in [0.1, 0.15) is 17.7 Å². The van der Waals surface area contributed by atoms with Crippen molar-refractivity contribution < 1.29 is 9.53 Å². The summed E-state index contributed by atoms with van der Waals surface area (Å²) >= 11 is 7.36. The zero-order valence-electron chi connectivity index (χ0n) is 10.3. The van der Waals surface area contributed by atoms with E-state index in [0.29, 0.717) is 32.6 Å². The number of nitrogens with zero attached hydrogens (tertiary/aromatic N) is 1. The molecule has 18 heavy (non-hydrogen) atoms. The molecule has 6 heteroatoms. The van der Waals surface area contributed by atoms with Crippen LogP contribution in [0.4, 0.5) is 0 Å². The van der Waals surface area contributed by atoms with Crippen LogP contribution in [0.25, 0.3) is 0 Å². The van der Waals surface area contributed by atoms with Crippen LogP contribution in [-0.4, -0.2) is 36.6 Å². The van der Waals surface area contributed by atoms with Crippen LogP contribution < -0.4 is 5.73 Å². The second-order valence-electron chi connectivity index (χ2n) is 4.64. The maximum atomic E-state index is 12.3. The summed E-state index contributed by atoms with van der Waals surface area (Å²) < 4.78 is 5.99. The van der Waals surface area contributed by atoms with Crippen molar-refractivity contribution in [3.63, 3.8) is 0 Å². The minimum absolute atomic E-state index is 0.0182. The minimum Gasteiger partial charge on any atom is -0.381 e. The molecule has 1 fully saturated rings. The highest BCUT2D eigenvalue weighted by atomic mass is 35.5. The van der Waals surface area contributed by atoms with Crippen LogP contribution in [0.15, 0.2) is 12.1 Å². The molecule has 0 aromatic carbocycles. The molecule has 0 spiro atoms. The second kappa shape index (κ2) is 5.57. The van der Waals surface area contributed by atoms with Crippen molar-refractivity contribution in [1.29, 1.82) is 0 Å². The summed E-state index contributed by atoms with van der Waals surface area (Å²) in [4.78, 5) is 15.1. The Morgan fingerprint density at radius 1 is 1.56 bits per heavy atom. The van der Waals surface area contributed by atoms with Crippen molar-refractivity contribution in [3.05, 3.63) is 21.3 Å². The molecule has 0 bridgehead atoms. The minimum atomic E-state index is -0.770. The SMILES string of the molecule is CN(Cc1ccc(Cl)s1)C(=O)C1(N)CCOCC1. The summed E-state index contributed by atoms with van der Waals surface area (Å²) in [6, 6.07) is 3.77. The molecule has 1 saturated heterocycles. The predicted molar refractivity (Wildman–Crippen MR) is 72.8 cm³/mol. The average Bonchev–Trinajstić information content (AvgIpc) is 2.74. The van der Waals surface area contributed by atoms with E-state index in [1.165, 1.54) is 11.3 Å². The van der Waals surface area contributed by atoms with Gasteiger partial charge in [0.1, 0.15) is 0 Å². The molecule has 0 radical (unpaired) electrons. The molecule has 0 atom stereocenters. The first kappa shape index (κ1) is 13.8. The molecule has 2 rings (SSSR count). The van der Waals surface area contributed by atoms with Gasteiger partial charge in [-0.2, -0.15) is 0 Å². The molecule has 100 valence electrons. The van der Waals surface area contributed by atoms with E-state index in [-0.39, 0.29) is 5.91 Å².